The van der Waals surface area contributed by atoms with Crippen LogP contribution >= 0.6 is 0 Å². The molecule has 2 aromatic rings. The highest BCUT2D eigenvalue weighted by Crippen LogP contribution is 2.26. The average molecular weight is 501 g/mol. The summed E-state index contributed by atoms with van der Waals surface area (Å²) in [6.07, 6.45) is 0. The Balaban J connectivity index is 0.000000212. The third kappa shape index (κ3) is 8.11. The topological polar surface area (TPSA) is 127 Å². The van der Waals surface area contributed by atoms with Crippen LogP contribution in [-0.4, -0.2) is 69.6 Å². The van der Waals surface area contributed by atoms with E-state index in [9.17, 15) is 14.7 Å². The number of nitrogens with zero attached hydrogens (tertiary/aromatic N) is 2. The molecule has 2 saturated heterocycles. The molecule has 2 aliphatic rings. The summed E-state index contributed by atoms with van der Waals surface area (Å²) >= 11 is 0. The lowest BCUT2D eigenvalue weighted by Gasteiger charge is -2.30. The Kier molecular flexibility index (Phi) is 10.3. The number of carbonyl (C=O) groups is 2. The van der Waals surface area contributed by atoms with Crippen molar-refractivity contribution >= 4 is 34.6 Å². The van der Waals surface area contributed by atoms with Gasteiger partial charge in [-0.15, -0.1) is 0 Å². The van der Waals surface area contributed by atoms with E-state index in [0.29, 0.717) is 24.6 Å². The fourth-order valence-corrected chi connectivity index (χ4v) is 4.12. The van der Waals surface area contributed by atoms with Crippen LogP contribution in [0, 0.1) is 0 Å². The Morgan fingerprint density at radius 2 is 1.47 bits per heavy atom. The van der Waals surface area contributed by atoms with Crippen LogP contribution in [0.25, 0.3) is 0 Å². The molecular formula is C26H36N4O6. The van der Waals surface area contributed by atoms with Crippen LogP contribution < -0.4 is 20.9 Å². The van der Waals surface area contributed by atoms with Crippen molar-refractivity contribution < 1.29 is 28.9 Å². The lowest BCUT2D eigenvalue weighted by Crippen LogP contribution is -2.36. The Morgan fingerprint density at radius 1 is 0.917 bits per heavy atom. The van der Waals surface area contributed by atoms with Crippen LogP contribution in [0.2, 0.25) is 0 Å². The van der Waals surface area contributed by atoms with Gasteiger partial charge >= 0.3 is 5.97 Å². The number of esters is 1. The van der Waals surface area contributed by atoms with Gasteiger partial charge in [0.1, 0.15) is 6.61 Å². The number of amides is 1. The monoisotopic (exact) mass is 500 g/mol. The van der Waals surface area contributed by atoms with E-state index in [1.54, 1.807) is 0 Å². The number of nitrogens with one attached hydrogen (secondary N) is 1. The number of nitrogens with two attached hydrogens (primary N) is 1. The number of aliphatic hydroxyl groups excluding tert-OH is 1. The molecule has 4 N–H and O–H groups in total. The first-order valence-electron chi connectivity index (χ1n) is 12.1. The SMILES string of the molecule is CC(=O)Nc1ccc(N2CCOCC2)c(COC(C)=O)c1.Nc1ccc(N2CCOCC2)c(CO)c1. The molecule has 0 saturated carbocycles. The maximum absolute atomic E-state index is 11.2. The minimum Gasteiger partial charge on any atom is -0.461 e. The van der Waals surface area contributed by atoms with Gasteiger partial charge < -0.3 is 40.2 Å². The molecule has 2 fully saturated rings. The number of morpholine rings is 2. The molecule has 2 aliphatic heterocycles. The molecule has 0 aliphatic carbocycles. The van der Waals surface area contributed by atoms with Crippen LogP contribution in [0.5, 0.6) is 0 Å². The van der Waals surface area contributed by atoms with Crippen molar-refractivity contribution in [3.8, 4) is 0 Å². The molecule has 0 aromatic heterocycles. The van der Waals surface area contributed by atoms with Gasteiger partial charge in [-0.25, -0.2) is 0 Å². The van der Waals surface area contributed by atoms with E-state index in [-0.39, 0.29) is 25.1 Å². The molecule has 0 bridgehead atoms. The second-order valence-electron chi connectivity index (χ2n) is 8.55. The van der Waals surface area contributed by atoms with Gasteiger partial charge in [0.25, 0.3) is 0 Å². The van der Waals surface area contributed by atoms with E-state index < -0.39 is 0 Å². The minimum atomic E-state index is -0.326. The van der Waals surface area contributed by atoms with Crippen molar-refractivity contribution in [2.45, 2.75) is 27.1 Å². The van der Waals surface area contributed by atoms with Gasteiger partial charge in [-0.2, -0.15) is 0 Å². The third-order valence-electron chi connectivity index (χ3n) is 5.81. The fraction of sp³-hybridized carbons (Fsp3) is 0.462. The number of rotatable bonds is 6. The number of aliphatic hydroxyl groups is 1. The summed E-state index contributed by atoms with van der Waals surface area (Å²) in [6.45, 7) is 9.25. The van der Waals surface area contributed by atoms with Crippen LogP contribution in [0.4, 0.5) is 22.7 Å². The second-order valence-corrected chi connectivity index (χ2v) is 8.55. The molecule has 1 amide bonds. The lowest BCUT2D eigenvalue weighted by atomic mass is 10.1. The fourth-order valence-electron chi connectivity index (χ4n) is 4.12. The second kappa shape index (κ2) is 13.7. The van der Waals surface area contributed by atoms with Gasteiger partial charge in [-0.05, 0) is 36.4 Å². The predicted molar refractivity (Wildman–Crippen MR) is 139 cm³/mol. The smallest absolute Gasteiger partial charge is 0.302 e. The Labute approximate surface area is 211 Å². The molecule has 0 spiro atoms. The molecule has 0 radical (unpaired) electrons. The van der Waals surface area contributed by atoms with Crippen LogP contribution in [0.3, 0.4) is 0 Å². The minimum absolute atomic E-state index is 0.0255. The number of anilines is 4. The Morgan fingerprint density at radius 3 is 2.00 bits per heavy atom. The molecule has 10 heteroatoms. The predicted octanol–water partition coefficient (Wildman–Crippen LogP) is 2.14. The summed E-state index contributed by atoms with van der Waals surface area (Å²) in [5.41, 5.74) is 10.9. The summed E-state index contributed by atoms with van der Waals surface area (Å²) in [5, 5.41) is 12.0. The third-order valence-corrected chi connectivity index (χ3v) is 5.81. The molecule has 36 heavy (non-hydrogen) atoms. The number of hydrogen-bond donors (Lipinski definition) is 3. The average Bonchev–Trinajstić information content (AvgIpc) is 2.88. The Hall–Kier alpha value is -3.34. The number of carbonyl (C=O) groups excluding carboxylic acids is 2. The molecule has 2 heterocycles. The van der Waals surface area contributed by atoms with E-state index in [1.807, 2.05) is 36.4 Å². The van der Waals surface area contributed by atoms with Crippen molar-refractivity contribution in [3.05, 3.63) is 47.5 Å². The van der Waals surface area contributed by atoms with Crippen LogP contribution in [-0.2, 0) is 37.0 Å². The zero-order valence-corrected chi connectivity index (χ0v) is 21.0. The summed E-state index contributed by atoms with van der Waals surface area (Å²) in [7, 11) is 0. The zero-order valence-electron chi connectivity index (χ0n) is 21.0. The zero-order chi connectivity index (χ0) is 25.9. The van der Waals surface area contributed by atoms with Gasteiger partial charge in [0.2, 0.25) is 5.91 Å². The molecule has 2 aromatic carbocycles. The van der Waals surface area contributed by atoms with Gasteiger partial charge in [0.15, 0.2) is 0 Å². The number of ether oxygens (including phenoxy) is 3. The molecule has 196 valence electrons. The van der Waals surface area contributed by atoms with E-state index >= 15 is 0 Å². The maximum atomic E-state index is 11.2. The standard InChI is InChI=1S/C15H20N2O4.C11H16N2O2/c1-11(18)16-14-3-4-15(17-5-7-20-8-6-17)13(9-14)10-21-12(2)19;12-10-1-2-11(9(7-10)8-14)13-3-5-15-6-4-13/h3-4,9H,5-8,10H2,1-2H3,(H,16,18);1-2,7,14H,3-6,8,12H2. The van der Waals surface area contributed by atoms with E-state index in [4.69, 9.17) is 19.9 Å². The van der Waals surface area contributed by atoms with E-state index in [2.05, 4.69) is 15.1 Å². The van der Waals surface area contributed by atoms with Crippen molar-refractivity contribution in [3.63, 3.8) is 0 Å². The number of nitrogen functional groups attached to an aromatic ring is 1. The molecular weight excluding hydrogens is 464 g/mol. The largest absolute Gasteiger partial charge is 0.461 e. The van der Waals surface area contributed by atoms with Gasteiger partial charge in [0, 0.05) is 73.9 Å². The maximum Gasteiger partial charge on any atom is 0.302 e. The van der Waals surface area contributed by atoms with Crippen molar-refractivity contribution in [1.82, 2.24) is 0 Å². The van der Waals surface area contributed by atoms with Crippen molar-refractivity contribution in [2.75, 3.05) is 73.5 Å². The summed E-state index contributed by atoms with van der Waals surface area (Å²) in [6, 6.07) is 11.3. The Bertz CT molecular complexity index is 1020. The van der Waals surface area contributed by atoms with Crippen LogP contribution in [0.1, 0.15) is 25.0 Å². The van der Waals surface area contributed by atoms with E-state index in [1.165, 1.54) is 13.8 Å². The quantitative estimate of drug-likeness (QED) is 0.404. The highest BCUT2D eigenvalue weighted by atomic mass is 16.5. The molecule has 0 unspecified atom stereocenters. The molecule has 4 rings (SSSR count). The van der Waals surface area contributed by atoms with Crippen molar-refractivity contribution in [2.24, 2.45) is 0 Å². The van der Waals surface area contributed by atoms with E-state index in [0.717, 1.165) is 61.9 Å². The molecule has 10 nitrogen and oxygen atoms in total. The van der Waals surface area contributed by atoms with Gasteiger partial charge in [-0.1, -0.05) is 0 Å². The number of benzene rings is 2. The summed E-state index contributed by atoms with van der Waals surface area (Å²) in [5.74, 6) is -0.458. The van der Waals surface area contributed by atoms with Crippen LogP contribution in [0.15, 0.2) is 36.4 Å². The number of hydrogen-bond acceptors (Lipinski definition) is 9. The first kappa shape index (κ1) is 27.3. The summed E-state index contributed by atoms with van der Waals surface area (Å²) < 4.78 is 15.8. The van der Waals surface area contributed by atoms with Gasteiger partial charge in [-0.3, -0.25) is 9.59 Å². The normalized spacial score (nSPS) is 15.5. The highest BCUT2D eigenvalue weighted by Gasteiger charge is 2.16. The van der Waals surface area contributed by atoms with Crippen molar-refractivity contribution in [1.29, 1.82) is 0 Å². The summed E-state index contributed by atoms with van der Waals surface area (Å²) in [4.78, 5) is 26.6. The lowest BCUT2D eigenvalue weighted by molar-refractivity contribution is -0.142. The highest BCUT2D eigenvalue weighted by molar-refractivity contribution is 5.89. The molecule has 0 atom stereocenters. The first-order valence-corrected chi connectivity index (χ1v) is 12.1. The van der Waals surface area contributed by atoms with Gasteiger partial charge in [0.05, 0.1) is 33.0 Å². The first-order chi connectivity index (χ1) is 17.4.